The number of pyridine rings is 1. The van der Waals surface area contributed by atoms with Crippen molar-refractivity contribution in [2.75, 3.05) is 5.73 Å². The van der Waals surface area contributed by atoms with Crippen LogP contribution in [0.3, 0.4) is 0 Å². The molecule has 0 aliphatic heterocycles. The first-order valence-electron chi connectivity index (χ1n) is 8.44. The van der Waals surface area contributed by atoms with E-state index in [1.54, 1.807) is 0 Å². The molecule has 0 atom stereocenters. The van der Waals surface area contributed by atoms with E-state index in [1.165, 1.54) is 0 Å². The molecule has 4 N–H and O–H groups in total. The van der Waals surface area contributed by atoms with Gasteiger partial charge in [0.25, 0.3) is 5.56 Å². The molecule has 0 aliphatic rings. The summed E-state index contributed by atoms with van der Waals surface area (Å²) in [4.78, 5) is 18.1. The fourth-order valence-electron chi connectivity index (χ4n) is 3.75. The zero-order valence-corrected chi connectivity index (χ0v) is 16.7. The smallest absolute Gasteiger partial charge is 0.268 e. The molecule has 0 saturated carbocycles. The highest BCUT2D eigenvalue weighted by atomic mass is 79.9. The number of nitrogens with one attached hydrogen (secondary N) is 2. The van der Waals surface area contributed by atoms with Crippen molar-refractivity contribution in [2.24, 2.45) is 0 Å². The number of hydrogen-bond donors (Lipinski definition) is 3. The van der Waals surface area contributed by atoms with Gasteiger partial charge in [0, 0.05) is 31.8 Å². The van der Waals surface area contributed by atoms with Crippen LogP contribution in [0.2, 0.25) is 0 Å². The predicted molar refractivity (Wildman–Crippen MR) is 113 cm³/mol. The molecule has 0 aliphatic carbocycles. The molecule has 7 heteroatoms. The van der Waals surface area contributed by atoms with Gasteiger partial charge in [0.15, 0.2) is 0 Å². The van der Waals surface area contributed by atoms with Crippen molar-refractivity contribution in [3.05, 3.63) is 61.3 Å². The van der Waals surface area contributed by atoms with Crippen molar-refractivity contribution >= 4 is 43.6 Å². The van der Waals surface area contributed by atoms with E-state index in [1.807, 2.05) is 50.3 Å². The average molecular weight is 432 g/mol. The van der Waals surface area contributed by atoms with Gasteiger partial charge in [-0.05, 0) is 54.8 Å². The van der Waals surface area contributed by atoms with Crippen molar-refractivity contribution in [3.8, 4) is 23.3 Å². The number of hydrogen-bond acceptors (Lipinski definition) is 4. The molecule has 0 fully saturated rings. The maximum Gasteiger partial charge on any atom is 0.268 e. The Morgan fingerprint density at radius 3 is 2.46 bits per heavy atom. The first-order valence-corrected chi connectivity index (χ1v) is 9.24. The molecule has 6 nitrogen and oxygen atoms in total. The Bertz CT molecular complexity index is 1450. The lowest BCUT2D eigenvalue weighted by molar-refractivity contribution is 1.21. The van der Waals surface area contributed by atoms with E-state index in [4.69, 9.17) is 5.73 Å². The zero-order valence-electron chi connectivity index (χ0n) is 15.1. The van der Waals surface area contributed by atoms with Gasteiger partial charge in [-0.25, -0.2) is 0 Å². The first-order chi connectivity index (χ1) is 13.4. The summed E-state index contributed by atoms with van der Waals surface area (Å²) in [5.41, 5.74) is 9.95. The van der Waals surface area contributed by atoms with E-state index in [-0.39, 0.29) is 22.5 Å². The van der Waals surface area contributed by atoms with Crippen LogP contribution in [0.5, 0.6) is 0 Å². The third-order valence-electron chi connectivity index (χ3n) is 5.03. The molecule has 2 heterocycles. The van der Waals surface area contributed by atoms with Gasteiger partial charge in [-0.1, -0.05) is 15.9 Å². The first kappa shape index (κ1) is 17.8. The van der Waals surface area contributed by atoms with E-state index in [2.05, 4.69) is 25.9 Å². The molecule has 0 spiro atoms. The number of fused-ring (bicyclic) bond motifs is 3. The lowest BCUT2D eigenvalue weighted by Crippen LogP contribution is -2.16. The van der Waals surface area contributed by atoms with Crippen LogP contribution in [-0.2, 0) is 0 Å². The van der Waals surface area contributed by atoms with Crippen LogP contribution in [0.4, 0.5) is 5.82 Å². The molecule has 0 radical (unpaired) electrons. The topological polar surface area (TPSA) is 122 Å². The van der Waals surface area contributed by atoms with E-state index in [0.29, 0.717) is 5.56 Å². The van der Waals surface area contributed by atoms with Crippen LogP contribution >= 0.6 is 15.9 Å². The summed E-state index contributed by atoms with van der Waals surface area (Å²) >= 11 is 3.51. The largest absolute Gasteiger partial charge is 0.384 e. The van der Waals surface area contributed by atoms with Gasteiger partial charge >= 0.3 is 0 Å². The average Bonchev–Trinajstić information content (AvgIpc) is 3.03. The van der Waals surface area contributed by atoms with E-state index < -0.39 is 5.56 Å². The van der Waals surface area contributed by atoms with Gasteiger partial charge in [0.1, 0.15) is 29.1 Å². The van der Waals surface area contributed by atoms with E-state index in [9.17, 15) is 15.3 Å². The number of rotatable bonds is 1. The van der Waals surface area contributed by atoms with Crippen molar-refractivity contribution in [1.82, 2.24) is 9.97 Å². The fourth-order valence-corrected chi connectivity index (χ4v) is 4.11. The molecule has 4 rings (SSSR count). The fraction of sp³-hybridized carbons (Fsp3) is 0.0952. The summed E-state index contributed by atoms with van der Waals surface area (Å²) in [5.74, 6) is -0.0414. The molecular weight excluding hydrogens is 418 g/mol. The minimum absolute atomic E-state index is 0.0414. The Morgan fingerprint density at radius 1 is 1.07 bits per heavy atom. The van der Waals surface area contributed by atoms with Crippen LogP contribution < -0.4 is 11.3 Å². The normalized spacial score (nSPS) is 10.9. The third kappa shape index (κ3) is 2.41. The second-order valence-corrected chi connectivity index (χ2v) is 7.56. The summed E-state index contributed by atoms with van der Waals surface area (Å²) in [5, 5.41) is 21.2. The lowest BCUT2D eigenvalue weighted by Gasteiger charge is -2.14. The van der Waals surface area contributed by atoms with Gasteiger partial charge in [-0.2, -0.15) is 10.5 Å². The minimum Gasteiger partial charge on any atom is -0.384 e. The highest BCUT2D eigenvalue weighted by Crippen LogP contribution is 2.39. The number of nitrogen functional groups attached to an aromatic ring is 1. The highest BCUT2D eigenvalue weighted by Gasteiger charge is 2.22. The molecule has 0 saturated heterocycles. The summed E-state index contributed by atoms with van der Waals surface area (Å²) in [6.45, 7) is 3.87. The molecule has 0 amide bonds. The van der Waals surface area contributed by atoms with Crippen LogP contribution in [-0.4, -0.2) is 9.97 Å². The second kappa shape index (κ2) is 6.26. The van der Waals surface area contributed by atoms with Gasteiger partial charge in [-0.3, -0.25) is 4.79 Å². The number of nitrogens with zero attached hydrogens (tertiary/aromatic N) is 2. The monoisotopic (exact) mass is 431 g/mol. The summed E-state index contributed by atoms with van der Waals surface area (Å²) in [7, 11) is 0. The van der Waals surface area contributed by atoms with Crippen LogP contribution in [0.15, 0.2) is 33.5 Å². The highest BCUT2D eigenvalue weighted by molar-refractivity contribution is 9.10. The quantitative estimate of drug-likeness (QED) is 0.413. The Hall–Kier alpha value is -3.55. The van der Waals surface area contributed by atoms with Crippen molar-refractivity contribution < 1.29 is 0 Å². The van der Waals surface area contributed by atoms with Gasteiger partial charge in [-0.15, -0.1) is 0 Å². The number of nitrogens with two attached hydrogens (primary N) is 1. The number of aromatic nitrogens is 2. The molecule has 4 aromatic rings. The Morgan fingerprint density at radius 2 is 1.79 bits per heavy atom. The lowest BCUT2D eigenvalue weighted by atomic mass is 9.89. The molecule has 136 valence electrons. The standard InChI is InChI=1S/C21H14BrN5O/c1-9-5-12(18-14(7-23)20(25)27-21(28)15(18)8-24)10(2)17-13-6-11(22)3-4-16(13)26-19(9)17/h3-6,26H,1-2H3,(H3,25,27,28). The van der Waals surface area contributed by atoms with E-state index >= 15 is 0 Å². The molecule has 2 aromatic carbocycles. The predicted octanol–water partition coefficient (Wildman–Crippen LogP) is 4.38. The number of H-pyrrole nitrogens is 2. The Kier molecular flexibility index (Phi) is 3.99. The van der Waals surface area contributed by atoms with Crippen molar-refractivity contribution in [3.63, 3.8) is 0 Å². The van der Waals surface area contributed by atoms with Crippen LogP contribution in [0.25, 0.3) is 32.9 Å². The number of anilines is 1. The third-order valence-corrected chi connectivity index (χ3v) is 5.53. The molecular formula is C21H14BrN5O. The zero-order chi connectivity index (χ0) is 20.2. The SMILES string of the molecule is Cc1cc(-c2c(C#N)c(N)[nH]c(=O)c2C#N)c(C)c2c1[nH]c1ccc(Br)cc12. The van der Waals surface area contributed by atoms with Crippen LogP contribution in [0, 0.1) is 36.5 Å². The maximum absolute atomic E-state index is 12.3. The molecule has 0 unspecified atom stereocenters. The second-order valence-electron chi connectivity index (χ2n) is 6.65. The molecule has 2 aromatic heterocycles. The molecule has 0 bridgehead atoms. The molecule has 28 heavy (non-hydrogen) atoms. The summed E-state index contributed by atoms with van der Waals surface area (Å²) in [6.07, 6.45) is 0. The van der Waals surface area contributed by atoms with Crippen molar-refractivity contribution in [1.29, 1.82) is 10.5 Å². The Labute approximate surface area is 168 Å². The van der Waals surface area contributed by atoms with Crippen LogP contribution in [0.1, 0.15) is 22.3 Å². The number of nitriles is 2. The number of benzene rings is 2. The summed E-state index contributed by atoms with van der Waals surface area (Å²) in [6, 6.07) is 11.8. The van der Waals surface area contributed by atoms with Gasteiger partial charge < -0.3 is 15.7 Å². The number of halogens is 1. The van der Waals surface area contributed by atoms with Gasteiger partial charge in [0.05, 0.1) is 0 Å². The summed E-state index contributed by atoms with van der Waals surface area (Å²) < 4.78 is 0.944. The Balaban J connectivity index is 2.25. The number of aryl methyl sites for hydroxylation is 2. The number of aromatic amines is 2. The van der Waals surface area contributed by atoms with E-state index in [0.717, 1.165) is 37.4 Å². The van der Waals surface area contributed by atoms with Crippen molar-refractivity contribution in [2.45, 2.75) is 13.8 Å². The van der Waals surface area contributed by atoms with Gasteiger partial charge in [0.2, 0.25) is 0 Å². The maximum atomic E-state index is 12.3. The minimum atomic E-state index is -0.604.